The number of nitrogens with zero attached hydrogens (tertiary/aromatic N) is 2. The summed E-state index contributed by atoms with van der Waals surface area (Å²) in [5.41, 5.74) is 3.81. The Morgan fingerprint density at radius 2 is 1.72 bits per heavy atom. The van der Waals surface area contributed by atoms with Gasteiger partial charge in [0.2, 0.25) is 5.71 Å². The van der Waals surface area contributed by atoms with Crippen LogP contribution in [0, 0.1) is 0 Å². The van der Waals surface area contributed by atoms with Crippen molar-refractivity contribution in [2.24, 2.45) is 0 Å². The minimum atomic E-state index is 0.134. The Bertz CT molecular complexity index is 1090. The molecule has 0 bridgehead atoms. The van der Waals surface area contributed by atoms with Gasteiger partial charge >= 0.3 is 0 Å². The van der Waals surface area contributed by atoms with Gasteiger partial charge in [-0.1, -0.05) is 60.7 Å². The van der Waals surface area contributed by atoms with Crippen LogP contribution in [0.2, 0.25) is 0 Å². The monoisotopic (exact) mass is 403 g/mol. The van der Waals surface area contributed by atoms with Crippen molar-refractivity contribution < 1.29 is 9.15 Å². The van der Waals surface area contributed by atoms with Crippen LogP contribution in [0.5, 0.6) is 0 Å². The van der Waals surface area contributed by atoms with Crippen molar-refractivity contribution in [3.8, 4) is 22.5 Å². The van der Waals surface area contributed by atoms with Gasteiger partial charge in [0.1, 0.15) is 23.3 Å². The number of nitrogens with one attached hydrogen (secondary N) is 1. The molecule has 1 fully saturated rings. The summed E-state index contributed by atoms with van der Waals surface area (Å²) in [6, 6.07) is 20.4. The third-order valence-corrected chi connectivity index (χ3v) is 6.12. The van der Waals surface area contributed by atoms with Gasteiger partial charge in [-0.25, -0.2) is 9.97 Å². The number of benzene rings is 2. The summed E-state index contributed by atoms with van der Waals surface area (Å²) in [5.74, 6) is 2.71. The highest BCUT2D eigenvalue weighted by Gasteiger charge is 2.22. The molecule has 0 saturated carbocycles. The molecule has 1 aliphatic rings. The highest BCUT2D eigenvalue weighted by molar-refractivity contribution is 7.99. The number of thioether (sulfide) groups is 1. The lowest BCUT2D eigenvalue weighted by molar-refractivity contribution is 0.113. The number of rotatable bonds is 5. The van der Waals surface area contributed by atoms with E-state index in [9.17, 15) is 0 Å². The maximum atomic E-state index is 6.24. The van der Waals surface area contributed by atoms with E-state index in [1.54, 1.807) is 6.33 Å². The standard InChI is InChI=1S/C23H21N3O2S/c1-3-8-16(9-4-1)19-20-22(24-14-18-27-12-7-13-29-18)25-15-26-23(20)28-21(19)17-10-5-2-6-11-17/h1-6,8-11,15,18H,7,12-14H2,(H,24,25,26). The van der Waals surface area contributed by atoms with Crippen molar-refractivity contribution in [3.05, 3.63) is 67.0 Å². The van der Waals surface area contributed by atoms with E-state index in [2.05, 4.69) is 39.6 Å². The van der Waals surface area contributed by atoms with Gasteiger partial charge in [-0.05, 0) is 17.7 Å². The van der Waals surface area contributed by atoms with Gasteiger partial charge in [-0.3, -0.25) is 0 Å². The van der Waals surface area contributed by atoms with E-state index in [0.29, 0.717) is 12.3 Å². The molecule has 3 heterocycles. The molecule has 1 saturated heterocycles. The minimum Gasteiger partial charge on any atom is -0.437 e. The molecule has 2 aromatic heterocycles. The van der Waals surface area contributed by atoms with Crippen LogP contribution >= 0.6 is 11.8 Å². The van der Waals surface area contributed by atoms with Gasteiger partial charge in [-0.15, -0.1) is 11.8 Å². The molecular formula is C23H21N3O2S. The van der Waals surface area contributed by atoms with Crippen molar-refractivity contribution in [3.63, 3.8) is 0 Å². The molecular weight excluding hydrogens is 382 g/mol. The minimum absolute atomic E-state index is 0.134. The molecule has 5 rings (SSSR count). The predicted octanol–water partition coefficient (Wildman–Crippen LogP) is 5.45. The van der Waals surface area contributed by atoms with Crippen LogP contribution in [0.25, 0.3) is 33.6 Å². The smallest absolute Gasteiger partial charge is 0.232 e. The van der Waals surface area contributed by atoms with Gasteiger partial charge in [0.25, 0.3) is 0 Å². The van der Waals surface area contributed by atoms with Gasteiger partial charge in [0, 0.05) is 17.7 Å². The van der Waals surface area contributed by atoms with Crippen molar-refractivity contribution in [2.45, 2.75) is 11.9 Å². The molecule has 1 unspecified atom stereocenters. The second-order valence-corrected chi connectivity index (χ2v) is 8.11. The fraction of sp³-hybridized carbons (Fsp3) is 0.217. The van der Waals surface area contributed by atoms with E-state index in [0.717, 1.165) is 52.4 Å². The van der Waals surface area contributed by atoms with E-state index >= 15 is 0 Å². The molecule has 1 N–H and O–H groups in total. The highest BCUT2D eigenvalue weighted by atomic mass is 32.2. The van der Waals surface area contributed by atoms with E-state index < -0.39 is 0 Å². The molecule has 0 radical (unpaired) electrons. The van der Waals surface area contributed by atoms with Crippen molar-refractivity contribution in [2.75, 3.05) is 24.2 Å². The SMILES string of the molecule is c1ccc(-c2oc3ncnc(NCC4OCCCS4)c3c2-c2ccccc2)cc1. The topological polar surface area (TPSA) is 60.2 Å². The van der Waals surface area contributed by atoms with Crippen LogP contribution in [0.3, 0.4) is 0 Å². The van der Waals surface area contributed by atoms with Gasteiger partial charge < -0.3 is 14.5 Å². The first-order valence-corrected chi connectivity index (χ1v) is 10.8. The van der Waals surface area contributed by atoms with Crippen LogP contribution < -0.4 is 5.32 Å². The highest BCUT2D eigenvalue weighted by Crippen LogP contribution is 2.42. The summed E-state index contributed by atoms with van der Waals surface area (Å²) < 4.78 is 12.1. The average molecular weight is 404 g/mol. The zero-order chi connectivity index (χ0) is 19.5. The second kappa shape index (κ2) is 8.27. The maximum absolute atomic E-state index is 6.24. The lowest BCUT2D eigenvalue weighted by atomic mass is 9.99. The van der Waals surface area contributed by atoms with Crippen LogP contribution in [0.1, 0.15) is 6.42 Å². The molecule has 0 amide bonds. The number of anilines is 1. The lowest BCUT2D eigenvalue weighted by Crippen LogP contribution is -2.25. The fourth-order valence-corrected chi connectivity index (χ4v) is 4.52. The first kappa shape index (κ1) is 18.2. The molecule has 146 valence electrons. The maximum Gasteiger partial charge on any atom is 0.232 e. The number of hydrogen-bond acceptors (Lipinski definition) is 6. The Morgan fingerprint density at radius 3 is 2.45 bits per heavy atom. The number of aromatic nitrogens is 2. The Labute approximate surface area is 173 Å². The van der Waals surface area contributed by atoms with Gasteiger partial charge in [-0.2, -0.15) is 0 Å². The number of hydrogen-bond donors (Lipinski definition) is 1. The molecule has 6 heteroatoms. The fourth-order valence-electron chi connectivity index (χ4n) is 3.57. The lowest BCUT2D eigenvalue weighted by Gasteiger charge is -2.22. The summed E-state index contributed by atoms with van der Waals surface area (Å²) in [6.45, 7) is 1.51. The van der Waals surface area contributed by atoms with E-state index in [1.165, 1.54) is 0 Å². The Hall–Kier alpha value is -2.83. The van der Waals surface area contributed by atoms with Crippen molar-refractivity contribution in [1.82, 2.24) is 9.97 Å². The van der Waals surface area contributed by atoms with Crippen molar-refractivity contribution in [1.29, 1.82) is 0 Å². The zero-order valence-electron chi connectivity index (χ0n) is 15.9. The number of fused-ring (bicyclic) bond motifs is 1. The largest absolute Gasteiger partial charge is 0.437 e. The van der Waals surface area contributed by atoms with Gasteiger partial charge in [0.05, 0.1) is 11.9 Å². The first-order chi connectivity index (χ1) is 14.4. The third-order valence-electron chi connectivity index (χ3n) is 4.92. The number of furan rings is 1. The molecule has 0 aliphatic carbocycles. The average Bonchev–Trinajstić information content (AvgIpc) is 3.20. The Kier molecular flexibility index (Phi) is 5.19. The normalized spacial score (nSPS) is 16.8. The second-order valence-electron chi connectivity index (χ2n) is 6.85. The van der Waals surface area contributed by atoms with Crippen LogP contribution in [0.15, 0.2) is 71.4 Å². The van der Waals surface area contributed by atoms with Crippen LogP contribution in [-0.2, 0) is 4.74 Å². The van der Waals surface area contributed by atoms with Crippen molar-refractivity contribution >= 4 is 28.7 Å². The first-order valence-electron chi connectivity index (χ1n) is 9.75. The molecule has 1 aliphatic heterocycles. The molecule has 29 heavy (non-hydrogen) atoms. The Balaban J connectivity index is 1.62. The van der Waals surface area contributed by atoms with Crippen LogP contribution in [-0.4, -0.2) is 34.3 Å². The molecule has 0 spiro atoms. The summed E-state index contributed by atoms with van der Waals surface area (Å²) in [5, 5.41) is 4.38. The zero-order valence-corrected chi connectivity index (χ0v) is 16.7. The summed E-state index contributed by atoms with van der Waals surface area (Å²) in [6.07, 6.45) is 2.66. The molecule has 4 aromatic rings. The predicted molar refractivity (Wildman–Crippen MR) is 118 cm³/mol. The summed E-state index contributed by atoms with van der Waals surface area (Å²) >= 11 is 1.84. The van der Waals surface area contributed by atoms with Crippen LogP contribution in [0.4, 0.5) is 5.82 Å². The third kappa shape index (κ3) is 3.73. The Morgan fingerprint density at radius 1 is 0.966 bits per heavy atom. The summed E-state index contributed by atoms with van der Waals surface area (Å²) in [7, 11) is 0. The number of ether oxygens (including phenoxy) is 1. The van der Waals surface area contributed by atoms with E-state index in [1.807, 2.05) is 48.2 Å². The molecule has 1 atom stereocenters. The van der Waals surface area contributed by atoms with E-state index in [-0.39, 0.29) is 5.44 Å². The van der Waals surface area contributed by atoms with Gasteiger partial charge in [0.15, 0.2) is 0 Å². The summed E-state index contributed by atoms with van der Waals surface area (Å²) in [4.78, 5) is 8.95. The quantitative estimate of drug-likeness (QED) is 0.478. The van der Waals surface area contributed by atoms with E-state index in [4.69, 9.17) is 9.15 Å². The molecule has 2 aromatic carbocycles. The molecule has 5 nitrogen and oxygen atoms in total.